The minimum Gasteiger partial charge on any atom is -0.310 e. The highest BCUT2D eigenvalue weighted by Crippen LogP contribution is 2.54. The van der Waals surface area contributed by atoms with Gasteiger partial charge in [0, 0.05) is 27.8 Å². The van der Waals surface area contributed by atoms with Crippen LogP contribution in [0.4, 0.5) is 30.2 Å². The first-order chi connectivity index (χ1) is 23.4. The number of alkyl halides is 3. The lowest BCUT2D eigenvalue weighted by atomic mass is 9.82. The highest BCUT2D eigenvalue weighted by Gasteiger charge is 2.40. The predicted molar refractivity (Wildman–Crippen MR) is 190 cm³/mol. The Morgan fingerprint density at radius 2 is 0.980 bits per heavy atom. The summed E-state index contributed by atoms with van der Waals surface area (Å²) in [5.74, 6) is -0.403. The Balaban J connectivity index is 1.27. The lowest BCUT2D eigenvalue weighted by Crippen LogP contribution is -2.19. The van der Waals surface area contributed by atoms with E-state index in [-0.39, 0.29) is 16.4 Å². The third kappa shape index (κ3) is 4.05. The first kappa shape index (κ1) is 29.7. The van der Waals surface area contributed by atoms with Gasteiger partial charge in [0.25, 0.3) is 0 Å². The fourth-order valence-corrected chi connectivity index (χ4v) is 8.56. The van der Waals surface area contributed by atoms with Gasteiger partial charge in [-0.15, -0.1) is 0 Å². The highest BCUT2D eigenvalue weighted by molar-refractivity contribution is 6.25. The number of rotatable bonds is 3. The molecule has 5 heteroatoms. The van der Waals surface area contributed by atoms with Crippen LogP contribution < -0.4 is 4.90 Å². The Kier molecular flexibility index (Phi) is 5.95. The third-order valence-corrected chi connectivity index (χ3v) is 11.0. The van der Waals surface area contributed by atoms with Crippen LogP contribution in [0.1, 0.15) is 71.4 Å². The molecule has 0 bridgehead atoms. The summed E-state index contributed by atoms with van der Waals surface area (Å²) in [5, 5.41) is 0. The quantitative estimate of drug-likeness (QED) is 0.190. The topological polar surface area (TPSA) is 20.3 Å². The number of benzene rings is 6. The summed E-state index contributed by atoms with van der Waals surface area (Å²) >= 11 is 0. The van der Waals surface area contributed by atoms with Crippen molar-refractivity contribution in [3.8, 4) is 33.4 Å². The van der Waals surface area contributed by atoms with Crippen LogP contribution in [0.15, 0.2) is 121 Å². The molecule has 3 aliphatic rings. The molecule has 0 spiro atoms. The molecular weight excluding hydrogens is 615 g/mol. The van der Waals surface area contributed by atoms with Crippen molar-refractivity contribution in [2.24, 2.45) is 0 Å². The molecule has 6 aromatic rings. The number of carbonyl (C=O) groups excluding carboxylic acids is 1. The van der Waals surface area contributed by atoms with E-state index >= 15 is 0 Å². The predicted octanol–water partition coefficient (Wildman–Crippen LogP) is 12.0. The van der Waals surface area contributed by atoms with Crippen molar-refractivity contribution in [1.82, 2.24) is 0 Å². The Labute approximate surface area is 283 Å². The van der Waals surface area contributed by atoms with E-state index in [1.807, 2.05) is 18.2 Å². The van der Waals surface area contributed by atoms with Gasteiger partial charge < -0.3 is 4.90 Å². The first-order valence-corrected chi connectivity index (χ1v) is 16.6. The second-order valence-corrected chi connectivity index (χ2v) is 14.4. The zero-order chi connectivity index (χ0) is 34.0. The Bertz CT molecular complexity index is 2310. The molecule has 0 fully saturated rings. The molecule has 0 aliphatic heterocycles. The van der Waals surface area contributed by atoms with Crippen molar-refractivity contribution >= 4 is 22.8 Å². The Morgan fingerprint density at radius 1 is 0.490 bits per heavy atom. The van der Waals surface area contributed by atoms with Crippen LogP contribution in [0.5, 0.6) is 0 Å². The Hall–Kier alpha value is -5.42. The maximum Gasteiger partial charge on any atom is 0.416 e. The molecule has 0 saturated heterocycles. The molecule has 9 rings (SSSR count). The molecule has 2 nitrogen and oxygen atoms in total. The minimum atomic E-state index is -4.55. The summed E-state index contributed by atoms with van der Waals surface area (Å²) in [6.07, 6.45) is -4.55. The van der Waals surface area contributed by atoms with Gasteiger partial charge in [0.2, 0.25) is 0 Å². The SMILES string of the molecule is CC1(C)c2ccccc2-c2ccc(N(c3ccc4c(c3)C(C)(C)c3ccccc3-4)c3cccc4c3C(=O)c3cc(C(F)(F)F)ccc3-4)cc21. The summed E-state index contributed by atoms with van der Waals surface area (Å²) in [6, 6.07) is 39.0. The third-order valence-electron chi connectivity index (χ3n) is 11.0. The molecule has 0 unspecified atom stereocenters. The largest absolute Gasteiger partial charge is 0.416 e. The van der Waals surface area contributed by atoms with Gasteiger partial charge in [0.05, 0.1) is 16.8 Å². The minimum absolute atomic E-state index is 0.0771. The van der Waals surface area contributed by atoms with Crippen LogP contribution in [0.2, 0.25) is 0 Å². The molecular formula is C44H32F3NO. The molecule has 0 amide bonds. The zero-order valence-corrected chi connectivity index (χ0v) is 27.5. The van der Waals surface area contributed by atoms with Crippen molar-refractivity contribution < 1.29 is 18.0 Å². The molecule has 0 saturated carbocycles. The van der Waals surface area contributed by atoms with Crippen molar-refractivity contribution in [3.05, 3.63) is 160 Å². The maximum atomic E-state index is 14.2. The average molecular weight is 648 g/mol. The van der Waals surface area contributed by atoms with Crippen LogP contribution in [-0.4, -0.2) is 5.78 Å². The fraction of sp³-hybridized carbons (Fsp3) is 0.159. The number of ketones is 1. The van der Waals surface area contributed by atoms with Crippen molar-refractivity contribution in [2.75, 3.05) is 4.90 Å². The molecule has 3 aliphatic carbocycles. The normalized spacial score (nSPS) is 15.6. The molecule has 49 heavy (non-hydrogen) atoms. The van der Waals surface area contributed by atoms with Crippen LogP contribution in [0.3, 0.4) is 0 Å². The van der Waals surface area contributed by atoms with E-state index in [9.17, 15) is 18.0 Å². The van der Waals surface area contributed by atoms with Gasteiger partial charge in [0.15, 0.2) is 5.78 Å². The number of halogens is 3. The first-order valence-electron chi connectivity index (χ1n) is 16.6. The van der Waals surface area contributed by atoms with Crippen LogP contribution in [0.25, 0.3) is 33.4 Å². The van der Waals surface area contributed by atoms with Gasteiger partial charge in [-0.1, -0.05) is 107 Å². The Morgan fingerprint density at radius 3 is 1.53 bits per heavy atom. The second kappa shape index (κ2) is 9.82. The summed E-state index contributed by atoms with van der Waals surface area (Å²) in [6.45, 7) is 8.94. The number of anilines is 3. The molecule has 0 atom stereocenters. The van der Waals surface area contributed by atoms with Gasteiger partial charge in [-0.3, -0.25) is 4.79 Å². The van der Waals surface area contributed by atoms with E-state index in [2.05, 4.69) is 118 Å². The lowest BCUT2D eigenvalue weighted by Gasteiger charge is -2.30. The van der Waals surface area contributed by atoms with Gasteiger partial charge in [-0.25, -0.2) is 0 Å². The average Bonchev–Trinajstić information content (AvgIpc) is 3.61. The molecule has 0 radical (unpaired) electrons. The van der Waals surface area contributed by atoms with Crippen LogP contribution >= 0.6 is 0 Å². The highest BCUT2D eigenvalue weighted by atomic mass is 19.4. The fourth-order valence-electron chi connectivity index (χ4n) is 8.56. The summed E-state index contributed by atoms with van der Waals surface area (Å²) in [7, 11) is 0. The van der Waals surface area contributed by atoms with E-state index in [4.69, 9.17) is 0 Å². The number of carbonyl (C=O) groups is 1. The summed E-state index contributed by atoms with van der Waals surface area (Å²) in [5.41, 5.74) is 12.4. The zero-order valence-electron chi connectivity index (χ0n) is 27.5. The number of hydrogen-bond donors (Lipinski definition) is 0. The van der Waals surface area contributed by atoms with E-state index in [0.29, 0.717) is 22.4 Å². The number of nitrogens with zero attached hydrogens (tertiary/aromatic N) is 1. The molecule has 0 N–H and O–H groups in total. The smallest absolute Gasteiger partial charge is 0.310 e. The number of hydrogen-bond acceptors (Lipinski definition) is 2. The van der Waals surface area contributed by atoms with Crippen molar-refractivity contribution in [3.63, 3.8) is 0 Å². The summed E-state index contributed by atoms with van der Waals surface area (Å²) < 4.78 is 41.4. The van der Waals surface area contributed by atoms with Crippen LogP contribution in [0, 0.1) is 0 Å². The van der Waals surface area contributed by atoms with Gasteiger partial charge in [-0.05, 0) is 98.1 Å². The monoisotopic (exact) mass is 647 g/mol. The maximum absolute atomic E-state index is 14.2. The molecule has 6 aromatic carbocycles. The van der Waals surface area contributed by atoms with E-state index in [1.54, 1.807) is 0 Å². The van der Waals surface area contributed by atoms with Crippen molar-refractivity contribution in [2.45, 2.75) is 44.7 Å². The van der Waals surface area contributed by atoms with Crippen LogP contribution in [-0.2, 0) is 17.0 Å². The van der Waals surface area contributed by atoms with Gasteiger partial charge in [0.1, 0.15) is 0 Å². The summed E-state index contributed by atoms with van der Waals surface area (Å²) in [4.78, 5) is 16.4. The van der Waals surface area contributed by atoms with E-state index < -0.39 is 17.5 Å². The van der Waals surface area contributed by atoms with E-state index in [0.717, 1.165) is 23.5 Å². The van der Waals surface area contributed by atoms with Gasteiger partial charge >= 0.3 is 6.18 Å². The van der Waals surface area contributed by atoms with E-state index in [1.165, 1.54) is 50.6 Å². The molecule has 0 aromatic heterocycles. The second-order valence-electron chi connectivity index (χ2n) is 14.4. The number of fused-ring (bicyclic) bond motifs is 9. The lowest BCUT2D eigenvalue weighted by molar-refractivity contribution is -0.137. The van der Waals surface area contributed by atoms with Gasteiger partial charge in [-0.2, -0.15) is 13.2 Å². The molecule has 240 valence electrons. The van der Waals surface area contributed by atoms with Crippen molar-refractivity contribution in [1.29, 1.82) is 0 Å². The molecule has 0 heterocycles. The standard InChI is InChI=1S/C44H32F3NO/c1-42(2)35-13-7-5-10-29(35)31-20-17-26(23-37(31)42)48(27-18-21-32-30-11-6-8-14-36(30)43(3,4)38(32)24-27)39-15-9-12-33-28-19-16-25(44(45,46)47)22-34(28)41(49)40(33)39/h5-24H,1-4H3.